The van der Waals surface area contributed by atoms with Gasteiger partial charge in [0.25, 0.3) is 0 Å². The normalized spacial score (nSPS) is 11.8. The molecule has 0 saturated heterocycles. The van der Waals surface area contributed by atoms with Crippen molar-refractivity contribution in [3.63, 3.8) is 0 Å². The van der Waals surface area contributed by atoms with Gasteiger partial charge in [-0.3, -0.25) is 0 Å². The molecule has 0 saturated carbocycles. The molecule has 0 aliphatic carbocycles. The highest BCUT2D eigenvalue weighted by Crippen LogP contribution is 2.43. The molecule has 0 aliphatic heterocycles. The molecule has 0 heterocycles. The van der Waals surface area contributed by atoms with Crippen molar-refractivity contribution in [1.29, 1.82) is 0 Å². The topological polar surface area (TPSA) is 60.7 Å². The first-order valence-corrected chi connectivity index (χ1v) is 19.6. The van der Waals surface area contributed by atoms with E-state index in [1.807, 2.05) is 41.5 Å². The number of aliphatic hydroxyl groups is 1. The van der Waals surface area contributed by atoms with Gasteiger partial charge >= 0.3 is 0 Å². The Morgan fingerprint density at radius 2 is 0.843 bits per heavy atom. The fraction of sp³-hybridized carbons (Fsp3) is 0.447. The van der Waals surface area contributed by atoms with Crippen LogP contribution in [-0.2, 0) is 10.8 Å². The van der Waals surface area contributed by atoms with Crippen LogP contribution in [0.5, 0.6) is 11.5 Å². The van der Waals surface area contributed by atoms with E-state index in [0.29, 0.717) is 24.3 Å². The van der Waals surface area contributed by atoms with E-state index < -0.39 is 5.60 Å². The Morgan fingerprint density at radius 3 is 1.18 bits per heavy atom. The molecule has 0 amide bonds. The van der Waals surface area contributed by atoms with E-state index in [4.69, 9.17) is 0 Å². The van der Waals surface area contributed by atoms with Crippen LogP contribution >= 0.6 is 15.9 Å². The second-order valence-corrected chi connectivity index (χ2v) is 15.3. The van der Waals surface area contributed by atoms with Crippen molar-refractivity contribution < 1.29 is 15.3 Å². The molecular weight excluding hydrogens is 692 g/mol. The SMILES string of the molecule is CCC(CC)(c1ccc(Br)c(C)c1)c1cc(C)c(O)c(C)c1.CCC(O)(C#Cc1ccc(C(CC)(CC)c2cc(C)c(O)c(C)c2)cc1C)CC. The predicted molar refractivity (Wildman–Crippen MR) is 220 cm³/mol. The predicted octanol–water partition coefficient (Wildman–Crippen LogP) is 12.5. The summed E-state index contributed by atoms with van der Waals surface area (Å²) in [6.45, 7) is 25.0. The molecule has 0 unspecified atom stereocenters. The van der Waals surface area contributed by atoms with Gasteiger partial charge in [-0.2, -0.15) is 0 Å². The van der Waals surface area contributed by atoms with Crippen molar-refractivity contribution in [2.45, 2.75) is 138 Å². The van der Waals surface area contributed by atoms with Gasteiger partial charge in [0.1, 0.15) is 17.1 Å². The van der Waals surface area contributed by atoms with E-state index in [1.54, 1.807) is 0 Å². The summed E-state index contributed by atoms with van der Waals surface area (Å²) in [6, 6.07) is 21.7. The molecule has 0 atom stereocenters. The van der Waals surface area contributed by atoms with E-state index in [1.165, 1.54) is 27.8 Å². The molecule has 3 nitrogen and oxygen atoms in total. The smallest absolute Gasteiger partial charge is 0.125 e. The zero-order valence-corrected chi connectivity index (χ0v) is 34.8. The summed E-state index contributed by atoms with van der Waals surface area (Å²) in [5.74, 6) is 7.07. The lowest BCUT2D eigenvalue weighted by Crippen LogP contribution is -2.26. The van der Waals surface area contributed by atoms with Gasteiger partial charge in [-0.15, -0.1) is 0 Å². The monoisotopic (exact) mass is 752 g/mol. The van der Waals surface area contributed by atoms with E-state index in [-0.39, 0.29) is 10.8 Å². The number of phenols is 2. The Kier molecular flexibility index (Phi) is 14.2. The Bertz CT molecular complexity index is 1830. The quantitative estimate of drug-likeness (QED) is 0.141. The summed E-state index contributed by atoms with van der Waals surface area (Å²) >= 11 is 3.60. The molecule has 0 fully saturated rings. The van der Waals surface area contributed by atoms with Gasteiger partial charge in [-0.1, -0.05) is 118 Å². The number of aromatic hydroxyl groups is 2. The van der Waals surface area contributed by atoms with E-state index in [2.05, 4.69) is 130 Å². The summed E-state index contributed by atoms with van der Waals surface area (Å²) in [5, 5.41) is 30.8. The van der Waals surface area contributed by atoms with Crippen LogP contribution in [0.4, 0.5) is 0 Å². The molecule has 0 bridgehead atoms. The summed E-state index contributed by atoms with van der Waals surface area (Å²) in [4.78, 5) is 0. The lowest BCUT2D eigenvalue weighted by Gasteiger charge is -2.34. The lowest BCUT2D eigenvalue weighted by atomic mass is 9.69. The molecule has 0 radical (unpaired) electrons. The highest BCUT2D eigenvalue weighted by molar-refractivity contribution is 9.10. The van der Waals surface area contributed by atoms with Crippen molar-refractivity contribution in [3.05, 3.63) is 126 Å². The van der Waals surface area contributed by atoms with E-state index >= 15 is 0 Å². The number of rotatable bonds is 10. The summed E-state index contributed by atoms with van der Waals surface area (Å²) in [6.07, 6.45) is 5.28. The Labute approximate surface area is 317 Å². The number of benzene rings is 4. The third-order valence-electron chi connectivity index (χ3n) is 11.6. The molecule has 0 aliphatic rings. The average molecular weight is 754 g/mol. The van der Waals surface area contributed by atoms with Gasteiger partial charge in [0.15, 0.2) is 0 Å². The van der Waals surface area contributed by atoms with Gasteiger partial charge in [-0.25, -0.2) is 0 Å². The first kappa shape index (κ1) is 41.9. The maximum atomic E-state index is 10.5. The molecule has 4 heteroatoms. The van der Waals surface area contributed by atoms with Gasteiger partial charge < -0.3 is 15.3 Å². The Balaban J connectivity index is 0.000000286. The fourth-order valence-corrected chi connectivity index (χ4v) is 7.83. The molecule has 3 N–H and O–H groups in total. The van der Waals surface area contributed by atoms with Crippen molar-refractivity contribution in [3.8, 4) is 23.3 Å². The summed E-state index contributed by atoms with van der Waals surface area (Å²) in [7, 11) is 0. The van der Waals surface area contributed by atoms with Crippen LogP contribution in [0.1, 0.15) is 141 Å². The number of hydrogen-bond acceptors (Lipinski definition) is 3. The molecule has 274 valence electrons. The van der Waals surface area contributed by atoms with Crippen LogP contribution in [0.3, 0.4) is 0 Å². The largest absolute Gasteiger partial charge is 0.507 e. The van der Waals surface area contributed by atoms with Crippen LogP contribution < -0.4 is 0 Å². The molecule has 4 aromatic carbocycles. The fourth-order valence-electron chi connectivity index (χ4n) is 7.59. The Hall–Kier alpha value is -3.52. The van der Waals surface area contributed by atoms with Gasteiger partial charge in [-0.05, 0) is 148 Å². The minimum absolute atomic E-state index is 0.00528. The highest BCUT2D eigenvalue weighted by Gasteiger charge is 2.33. The third kappa shape index (κ3) is 8.76. The number of phenolic OH excluding ortho intramolecular Hbond substituents is 2. The van der Waals surface area contributed by atoms with Crippen LogP contribution in [-0.4, -0.2) is 20.9 Å². The van der Waals surface area contributed by atoms with Crippen molar-refractivity contribution in [2.24, 2.45) is 0 Å². The maximum absolute atomic E-state index is 10.5. The maximum Gasteiger partial charge on any atom is 0.125 e. The van der Waals surface area contributed by atoms with Crippen LogP contribution in [0, 0.1) is 53.4 Å². The average Bonchev–Trinajstić information content (AvgIpc) is 3.12. The molecule has 0 aromatic heterocycles. The number of halogens is 1. The van der Waals surface area contributed by atoms with Crippen LogP contribution in [0.2, 0.25) is 0 Å². The van der Waals surface area contributed by atoms with Crippen molar-refractivity contribution in [2.75, 3.05) is 0 Å². The summed E-state index contributed by atoms with van der Waals surface area (Å²) in [5.41, 5.74) is 11.3. The minimum Gasteiger partial charge on any atom is -0.507 e. The second-order valence-electron chi connectivity index (χ2n) is 14.5. The number of hydrogen-bond donors (Lipinski definition) is 3. The number of aryl methyl sites for hydroxylation is 6. The van der Waals surface area contributed by atoms with Crippen LogP contribution in [0.15, 0.2) is 65.1 Å². The van der Waals surface area contributed by atoms with Crippen molar-refractivity contribution >= 4 is 15.9 Å². The lowest BCUT2D eigenvalue weighted by molar-refractivity contribution is 0.0931. The molecule has 0 spiro atoms. The second kappa shape index (κ2) is 17.3. The first-order chi connectivity index (χ1) is 24.0. The zero-order chi connectivity index (χ0) is 38.3. The molecular formula is C47H61BrO3. The standard InChI is InChI=1S/C27H36O2.C20H25BrO/c1-8-26(29,9-2)15-14-22-12-13-23(16-19(22)5)27(10-3,11-4)24-17-20(6)25(28)21(7)18-24;1-6-20(7-2,16-8-9-18(21)13(3)10-16)17-11-14(4)19(22)15(5)12-17/h12-13,16-18,28-29H,8-11H2,1-7H3;8-12,22H,6-7H2,1-5H3. The molecule has 4 rings (SSSR count). The molecule has 4 aromatic rings. The Morgan fingerprint density at radius 1 is 0.490 bits per heavy atom. The summed E-state index contributed by atoms with van der Waals surface area (Å²) < 4.78 is 1.15. The third-order valence-corrected chi connectivity index (χ3v) is 12.5. The highest BCUT2D eigenvalue weighted by atomic mass is 79.9. The zero-order valence-electron chi connectivity index (χ0n) is 33.2. The minimum atomic E-state index is -0.914. The first-order valence-electron chi connectivity index (χ1n) is 18.8. The van der Waals surface area contributed by atoms with Gasteiger partial charge in [0.2, 0.25) is 0 Å². The van der Waals surface area contributed by atoms with E-state index in [0.717, 1.165) is 63.5 Å². The van der Waals surface area contributed by atoms with Gasteiger partial charge in [0.05, 0.1) is 0 Å². The molecule has 51 heavy (non-hydrogen) atoms. The van der Waals surface area contributed by atoms with Crippen molar-refractivity contribution in [1.82, 2.24) is 0 Å². The van der Waals surface area contributed by atoms with E-state index in [9.17, 15) is 15.3 Å². The van der Waals surface area contributed by atoms with Gasteiger partial charge in [0, 0.05) is 20.9 Å². The van der Waals surface area contributed by atoms with Crippen LogP contribution in [0.25, 0.3) is 0 Å².